The van der Waals surface area contributed by atoms with Gasteiger partial charge in [-0.15, -0.1) is 0 Å². The van der Waals surface area contributed by atoms with Gasteiger partial charge in [-0.2, -0.15) is 13.2 Å². The van der Waals surface area contributed by atoms with Crippen molar-refractivity contribution in [2.75, 3.05) is 24.5 Å². The third kappa shape index (κ3) is 3.48. The van der Waals surface area contributed by atoms with Gasteiger partial charge < -0.3 is 10.6 Å². The fraction of sp³-hybridized carbons (Fsp3) is 0.625. The number of carbonyl (C=O) groups excluding carboxylic acids is 1. The Kier molecular flexibility index (Phi) is 4.67. The number of primary amides is 1. The van der Waals surface area contributed by atoms with Crippen molar-refractivity contribution in [2.45, 2.75) is 43.9 Å². The molecule has 1 unspecified atom stereocenters. The number of nitrogens with two attached hydrogens (primary N) is 1. The number of rotatable bonds is 3. The van der Waals surface area contributed by atoms with E-state index < -0.39 is 11.9 Å². The molecule has 3 rings (SSSR count). The lowest BCUT2D eigenvalue weighted by Crippen LogP contribution is -2.50. The fourth-order valence-corrected chi connectivity index (χ4v) is 3.72. The van der Waals surface area contributed by atoms with Crippen molar-refractivity contribution >= 4 is 11.7 Å². The van der Waals surface area contributed by atoms with E-state index in [1.165, 1.54) is 6.07 Å². The van der Waals surface area contributed by atoms with Crippen LogP contribution < -0.4 is 10.6 Å². The molecule has 132 valence electrons. The number of nitrogens with zero attached hydrogens (tertiary/aromatic N) is 3. The van der Waals surface area contributed by atoms with Crippen LogP contribution in [0.3, 0.4) is 0 Å². The van der Waals surface area contributed by atoms with E-state index in [2.05, 4.69) is 9.88 Å². The Hall–Kier alpha value is -1.83. The van der Waals surface area contributed by atoms with E-state index in [1.54, 1.807) is 6.07 Å². The number of likely N-dealkylation sites (tertiary alicyclic amines) is 1. The maximum atomic E-state index is 12.8. The van der Waals surface area contributed by atoms with Gasteiger partial charge in [0, 0.05) is 19.1 Å². The first kappa shape index (κ1) is 17.0. The molecule has 1 atom stereocenters. The minimum atomic E-state index is -4.43. The van der Waals surface area contributed by atoms with Crippen LogP contribution in [0, 0.1) is 0 Å². The second-order valence-corrected chi connectivity index (χ2v) is 6.40. The molecule has 0 bridgehead atoms. The lowest BCUT2D eigenvalue weighted by molar-refractivity contribution is -0.141. The predicted molar refractivity (Wildman–Crippen MR) is 83.4 cm³/mol. The van der Waals surface area contributed by atoms with Crippen LogP contribution in [0.1, 0.15) is 31.4 Å². The number of carbonyl (C=O) groups is 1. The summed E-state index contributed by atoms with van der Waals surface area (Å²) in [6.07, 6.45) is -1.09. The summed E-state index contributed by atoms with van der Waals surface area (Å²) in [4.78, 5) is 19.3. The Labute approximate surface area is 138 Å². The average Bonchev–Trinajstić information content (AvgIpc) is 3.04. The van der Waals surface area contributed by atoms with Gasteiger partial charge in [0.05, 0.1) is 6.04 Å². The molecule has 8 heteroatoms. The highest BCUT2D eigenvalue weighted by atomic mass is 19.4. The summed E-state index contributed by atoms with van der Waals surface area (Å²) in [7, 11) is 0. The number of anilines is 1. The van der Waals surface area contributed by atoms with Crippen molar-refractivity contribution in [1.82, 2.24) is 9.88 Å². The van der Waals surface area contributed by atoms with Gasteiger partial charge in [-0.25, -0.2) is 4.98 Å². The van der Waals surface area contributed by atoms with E-state index in [9.17, 15) is 18.0 Å². The molecule has 1 aromatic rings. The number of alkyl halides is 3. The van der Waals surface area contributed by atoms with Crippen LogP contribution in [0.15, 0.2) is 18.2 Å². The minimum Gasteiger partial charge on any atom is -0.368 e. The summed E-state index contributed by atoms with van der Waals surface area (Å²) in [6.45, 7) is 2.11. The quantitative estimate of drug-likeness (QED) is 0.913. The van der Waals surface area contributed by atoms with Crippen LogP contribution >= 0.6 is 0 Å². The van der Waals surface area contributed by atoms with E-state index in [0.717, 1.165) is 38.3 Å². The molecule has 24 heavy (non-hydrogen) atoms. The maximum Gasteiger partial charge on any atom is 0.433 e. The Morgan fingerprint density at radius 1 is 1.17 bits per heavy atom. The number of amides is 1. The second-order valence-electron chi connectivity index (χ2n) is 6.40. The number of hydrogen-bond acceptors (Lipinski definition) is 4. The molecule has 1 amide bonds. The lowest BCUT2D eigenvalue weighted by atomic mass is 10.0. The highest BCUT2D eigenvalue weighted by molar-refractivity contribution is 5.80. The first-order valence-electron chi connectivity index (χ1n) is 8.20. The maximum absolute atomic E-state index is 12.8. The van der Waals surface area contributed by atoms with Crippen LogP contribution in [-0.2, 0) is 11.0 Å². The molecule has 3 heterocycles. The van der Waals surface area contributed by atoms with E-state index in [1.807, 2.05) is 4.90 Å². The van der Waals surface area contributed by atoms with Gasteiger partial charge in [0.2, 0.25) is 5.91 Å². The summed E-state index contributed by atoms with van der Waals surface area (Å²) in [5.74, 6) is 0.0747. The van der Waals surface area contributed by atoms with Crippen molar-refractivity contribution in [3.05, 3.63) is 23.9 Å². The number of hydrogen-bond donors (Lipinski definition) is 1. The van der Waals surface area contributed by atoms with Crippen molar-refractivity contribution in [3.63, 3.8) is 0 Å². The van der Waals surface area contributed by atoms with E-state index in [-0.39, 0.29) is 18.0 Å². The normalized spacial score (nSPS) is 23.6. The van der Waals surface area contributed by atoms with Crippen molar-refractivity contribution in [3.8, 4) is 0 Å². The van der Waals surface area contributed by atoms with Gasteiger partial charge in [-0.05, 0) is 44.4 Å². The minimum absolute atomic E-state index is 0.201. The first-order chi connectivity index (χ1) is 11.4. The smallest absolute Gasteiger partial charge is 0.368 e. The third-order valence-corrected chi connectivity index (χ3v) is 4.90. The van der Waals surface area contributed by atoms with Crippen LogP contribution in [0.25, 0.3) is 0 Å². The van der Waals surface area contributed by atoms with Crippen molar-refractivity contribution in [2.24, 2.45) is 5.73 Å². The molecule has 1 aromatic heterocycles. The van der Waals surface area contributed by atoms with Gasteiger partial charge in [-0.3, -0.25) is 9.69 Å². The SMILES string of the molecule is NC(=O)C1CCCN1C1CCN(c2cccc(C(F)(F)F)n2)CC1. The zero-order chi connectivity index (χ0) is 17.3. The molecule has 0 radical (unpaired) electrons. The molecule has 2 aliphatic rings. The van der Waals surface area contributed by atoms with Crippen LogP contribution in [0.4, 0.5) is 19.0 Å². The predicted octanol–water partition coefficient (Wildman–Crippen LogP) is 2.02. The molecule has 0 saturated carbocycles. The number of aromatic nitrogens is 1. The molecular weight excluding hydrogens is 321 g/mol. The van der Waals surface area contributed by atoms with Gasteiger partial charge >= 0.3 is 6.18 Å². The largest absolute Gasteiger partial charge is 0.433 e. The van der Waals surface area contributed by atoms with E-state index in [4.69, 9.17) is 5.73 Å². The van der Waals surface area contributed by atoms with Crippen LogP contribution in [-0.4, -0.2) is 47.5 Å². The molecule has 0 spiro atoms. The number of pyridine rings is 1. The van der Waals surface area contributed by atoms with Gasteiger partial charge in [0.15, 0.2) is 0 Å². The molecule has 2 saturated heterocycles. The van der Waals surface area contributed by atoms with Crippen LogP contribution in [0.5, 0.6) is 0 Å². The standard InChI is InChI=1S/C16H21F3N4O/c17-16(18,19)13-4-1-5-14(21-13)22-9-6-11(7-10-22)23-8-2-3-12(23)15(20)24/h1,4-5,11-12H,2-3,6-10H2,(H2,20,24). The molecule has 0 aromatic carbocycles. The van der Waals surface area contributed by atoms with Crippen molar-refractivity contribution in [1.29, 1.82) is 0 Å². The topological polar surface area (TPSA) is 62.5 Å². The lowest BCUT2D eigenvalue weighted by Gasteiger charge is -2.39. The van der Waals surface area contributed by atoms with Gasteiger partial charge in [0.25, 0.3) is 0 Å². The Bertz CT molecular complexity index is 599. The fourth-order valence-electron chi connectivity index (χ4n) is 3.72. The second kappa shape index (κ2) is 6.58. The molecule has 5 nitrogen and oxygen atoms in total. The Morgan fingerprint density at radius 2 is 1.88 bits per heavy atom. The van der Waals surface area contributed by atoms with Crippen LogP contribution in [0.2, 0.25) is 0 Å². The first-order valence-corrected chi connectivity index (χ1v) is 8.20. The van der Waals surface area contributed by atoms with E-state index in [0.29, 0.717) is 18.9 Å². The van der Waals surface area contributed by atoms with E-state index >= 15 is 0 Å². The summed E-state index contributed by atoms with van der Waals surface area (Å²) >= 11 is 0. The summed E-state index contributed by atoms with van der Waals surface area (Å²) in [5, 5.41) is 0. The highest BCUT2D eigenvalue weighted by Crippen LogP contribution is 2.31. The molecule has 2 N–H and O–H groups in total. The molecular formula is C16H21F3N4O. The Morgan fingerprint density at radius 3 is 2.50 bits per heavy atom. The van der Waals surface area contributed by atoms with Gasteiger partial charge in [0.1, 0.15) is 11.5 Å². The Balaban J connectivity index is 1.64. The number of piperidine rings is 1. The monoisotopic (exact) mass is 342 g/mol. The molecule has 2 aliphatic heterocycles. The molecule has 2 fully saturated rings. The van der Waals surface area contributed by atoms with Gasteiger partial charge in [-0.1, -0.05) is 6.07 Å². The van der Waals surface area contributed by atoms with Crippen molar-refractivity contribution < 1.29 is 18.0 Å². The third-order valence-electron chi connectivity index (χ3n) is 4.90. The zero-order valence-corrected chi connectivity index (χ0v) is 13.3. The summed E-state index contributed by atoms with van der Waals surface area (Å²) in [6, 6.07) is 4.04. The molecule has 0 aliphatic carbocycles. The summed E-state index contributed by atoms with van der Waals surface area (Å²) < 4.78 is 38.4. The highest BCUT2D eigenvalue weighted by Gasteiger charge is 2.36. The average molecular weight is 342 g/mol. The number of halogens is 3. The summed E-state index contributed by atoms with van der Waals surface area (Å²) in [5.41, 5.74) is 4.60. The zero-order valence-electron chi connectivity index (χ0n) is 13.3.